The van der Waals surface area contributed by atoms with Gasteiger partial charge in [-0.3, -0.25) is 9.59 Å². The summed E-state index contributed by atoms with van der Waals surface area (Å²) >= 11 is 6.38. The molecule has 0 fully saturated rings. The molecule has 2 aromatic rings. The summed E-state index contributed by atoms with van der Waals surface area (Å²) in [6.07, 6.45) is -7.07. The summed E-state index contributed by atoms with van der Waals surface area (Å²) in [5.41, 5.74) is 1.17. The molecule has 0 aliphatic carbocycles. The van der Waals surface area contributed by atoms with Crippen molar-refractivity contribution in [2.75, 3.05) is 6.54 Å². The third kappa shape index (κ3) is 9.10. The summed E-state index contributed by atoms with van der Waals surface area (Å²) in [5, 5.41) is 1.74. The number of amides is 1. The maximum atomic E-state index is 13.7. The Balaban J connectivity index is 2.16. The van der Waals surface area contributed by atoms with Crippen LogP contribution in [0, 0.1) is 12.8 Å². The van der Waals surface area contributed by atoms with Crippen LogP contribution in [0.5, 0.6) is 0 Å². The van der Waals surface area contributed by atoms with Gasteiger partial charge in [-0.15, -0.1) is 0 Å². The Morgan fingerprint density at radius 2 is 1.60 bits per heavy atom. The van der Waals surface area contributed by atoms with E-state index in [1.54, 1.807) is 18.3 Å². The minimum Gasteiger partial charge on any atom is -0.347 e. The van der Waals surface area contributed by atoms with E-state index >= 15 is 0 Å². The SMILES string of the molecule is Cc1cc(/C=C/C(c2cc(Br)cc(Br)c2)C(F)(F)F)ccc1C(=O)C[C@H](C)C(=O)NCC(F)(F)F. The van der Waals surface area contributed by atoms with Crippen molar-refractivity contribution in [3.8, 4) is 0 Å². The fourth-order valence-corrected chi connectivity index (χ4v) is 4.65. The fraction of sp³-hybridized carbons (Fsp3) is 0.333. The first kappa shape index (κ1) is 29.1. The van der Waals surface area contributed by atoms with Gasteiger partial charge < -0.3 is 5.32 Å². The number of nitrogens with one attached hydrogen (secondary N) is 1. The summed E-state index contributed by atoms with van der Waals surface area (Å²) in [4.78, 5) is 24.4. The molecule has 0 aliphatic heterocycles. The third-order valence-corrected chi connectivity index (χ3v) is 5.95. The Morgan fingerprint density at radius 3 is 2.11 bits per heavy atom. The molecule has 2 rings (SSSR count). The Hall–Kier alpha value is -2.14. The van der Waals surface area contributed by atoms with Gasteiger partial charge in [-0.2, -0.15) is 26.3 Å². The lowest BCUT2D eigenvalue weighted by atomic mass is 9.94. The van der Waals surface area contributed by atoms with Crippen molar-refractivity contribution < 1.29 is 35.9 Å². The Morgan fingerprint density at radius 1 is 1.00 bits per heavy atom. The van der Waals surface area contributed by atoms with Crippen LogP contribution in [0.15, 0.2) is 51.4 Å². The van der Waals surface area contributed by atoms with E-state index < -0.39 is 42.4 Å². The maximum absolute atomic E-state index is 13.7. The monoisotopic (exact) mass is 627 g/mol. The first-order chi connectivity index (χ1) is 16.1. The van der Waals surface area contributed by atoms with Crippen LogP contribution in [-0.2, 0) is 4.79 Å². The normalized spacial score (nSPS) is 14.1. The maximum Gasteiger partial charge on any atom is 0.405 e. The number of benzene rings is 2. The van der Waals surface area contributed by atoms with Gasteiger partial charge in [0.05, 0.1) is 5.92 Å². The number of alkyl halides is 6. The van der Waals surface area contributed by atoms with Crippen molar-refractivity contribution in [2.24, 2.45) is 5.92 Å². The van der Waals surface area contributed by atoms with Crippen molar-refractivity contribution in [3.05, 3.63) is 73.7 Å². The van der Waals surface area contributed by atoms with Crippen molar-refractivity contribution >= 4 is 49.6 Å². The fourth-order valence-electron chi connectivity index (χ4n) is 3.32. The zero-order valence-corrected chi connectivity index (χ0v) is 21.7. The number of hydrogen-bond acceptors (Lipinski definition) is 2. The minimum absolute atomic E-state index is 0.0382. The Kier molecular flexibility index (Phi) is 9.75. The molecule has 1 N–H and O–H groups in total. The van der Waals surface area contributed by atoms with Gasteiger partial charge >= 0.3 is 12.4 Å². The highest BCUT2D eigenvalue weighted by Gasteiger charge is 2.39. The van der Waals surface area contributed by atoms with E-state index in [4.69, 9.17) is 0 Å². The van der Waals surface area contributed by atoms with E-state index in [0.717, 1.165) is 6.08 Å². The van der Waals surface area contributed by atoms with E-state index in [1.165, 1.54) is 43.3 Å². The second-order valence-electron chi connectivity index (χ2n) is 8.02. The summed E-state index contributed by atoms with van der Waals surface area (Å²) in [5.74, 6) is -4.21. The number of hydrogen-bond donors (Lipinski definition) is 1. The highest BCUT2D eigenvalue weighted by Crippen LogP contribution is 2.38. The molecule has 0 saturated carbocycles. The molecule has 2 atom stereocenters. The quantitative estimate of drug-likeness (QED) is 0.240. The van der Waals surface area contributed by atoms with Crippen LogP contribution in [0.1, 0.15) is 46.3 Å². The standard InChI is InChI=1S/C24H21Br2F6NO2/c1-13-7-15(4-6-20(24(30,31)32)16-9-17(25)11-18(26)10-16)3-5-19(13)21(34)8-14(2)22(35)33-12-23(27,28)29/h3-7,9-11,14,20H,8,12H2,1-2H3,(H,33,35)/b6-4+/t14-,20?/m0/s1. The van der Waals surface area contributed by atoms with Crippen molar-refractivity contribution in [2.45, 2.75) is 38.5 Å². The zero-order chi connectivity index (χ0) is 26.6. The van der Waals surface area contributed by atoms with Gasteiger partial charge in [0.1, 0.15) is 6.54 Å². The van der Waals surface area contributed by atoms with Gasteiger partial charge in [0.15, 0.2) is 5.78 Å². The molecule has 0 heterocycles. The van der Waals surface area contributed by atoms with E-state index in [2.05, 4.69) is 31.9 Å². The predicted molar refractivity (Wildman–Crippen MR) is 128 cm³/mol. The van der Waals surface area contributed by atoms with Gasteiger partial charge in [-0.05, 0) is 41.8 Å². The van der Waals surface area contributed by atoms with Gasteiger partial charge in [0.25, 0.3) is 0 Å². The summed E-state index contributed by atoms with van der Waals surface area (Å²) < 4.78 is 78.9. The number of ketones is 1. The van der Waals surface area contributed by atoms with Crippen LogP contribution in [0.2, 0.25) is 0 Å². The van der Waals surface area contributed by atoms with Crippen LogP contribution < -0.4 is 5.32 Å². The molecule has 2 aromatic carbocycles. The lowest BCUT2D eigenvalue weighted by Crippen LogP contribution is -2.37. The number of aryl methyl sites for hydroxylation is 1. The molecule has 0 saturated heterocycles. The highest BCUT2D eigenvalue weighted by atomic mass is 79.9. The first-order valence-corrected chi connectivity index (χ1v) is 11.8. The molecular formula is C24H21Br2F6NO2. The zero-order valence-electron chi connectivity index (χ0n) is 18.5. The number of rotatable bonds is 8. The van der Waals surface area contributed by atoms with Gasteiger partial charge in [-0.25, -0.2) is 0 Å². The molecule has 11 heteroatoms. The average Bonchev–Trinajstić information content (AvgIpc) is 2.69. The van der Waals surface area contributed by atoms with Crippen LogP contribution in [-0.4, -0.2) is 30.6 Å². The Bertz CT molecular complexity index is 1090. The molecule has 35 heavy (non-hydrogen) atoms. The number of Topliss-reactive ketones (excluding diaryl/α,β-unsaturated/α-hetero) is 1. The van der Waals surface area contributed by atoms with E-state index in [1.807, 2.05) is 0 Å². The minimum atomic E-state index is -4.56. The van der Waals surface area contributed by atoms with Gasteiger partial charge in [-0.1, -0.05) is 69.1 Å². The largest absolute Gasteiger partial charge is 0.405 e. The van der Waals surface area contributed by atoms with E-state index in [9.17, 15) is 35.9 Å². The van der Waals surface area contributed by atoms with Crippen molar-refractivity contribution in [1.82, 2.24) is 5.32 Å². The van der Waals surface area contributed by atoms with E-state index in [-0.39, 0.29) is 17.5 Å². The first-order valence-electron chi connectivity index (χ1n) is 10.3. The highest BCUT2D eigenvalue weighted by molar-refractivity contribution is 9.11. The molecule has 3 nitrogen and oxygen atoms in total. The molecule has 0 aromatic heterocycles. The predicted octanol–water partition coefficient (Wildman–Crippen LogP) is 7.77. The number of allylic oxidation sites excluding steroid dienone is 1. The topological polar surface area (TPSA) is 46.2 Å². The van der Waals surface area contributed by atoms with Crippen molar-refractivity contribution in [1.29, 1.82) is 0 Å². The van der Waals surface area contributed by atoms with Crippen LogP contribution in [0.3, 0.4) is 0 Å². The van der Waals surface area contributed by atoms with Crippen LogP contribution in [0.4, 0.5) is 26.3 Å². The summed E-state index contributed by atoms with van der Waals surface area (Å²) in [7, 11) is 0. The average molecular weight is 629 g/mol. The lowest BCUT2D eigenvalue weighted by Gasteiger charge is -2.18. The smallest absolute Gasteiger partial charge is 0.347 e. The molecular weight excluding hydrogens is 608 g/mol. The number of carbonyl (C=O) groups is 2. The second kappa shape index (κ2) is 11.7. The van der Waals surface area contributed by atoms with Crippen LogP contribution in [0.25, 0.3) is 6.08 Å². The molecule has 190 valence electrons. The molecule has 0 aliphatic rings. The Labute approximate surface area is 215 Å². The third-order valence-electron chi connectivity index (χ3n) is 5.03. The number of halogens is 8. The second-order valence-corrected chi connectivity index (χ2v) is 9.85. The summed E-state index contributed by atoms with van der Waals surface area (Å²) in [6, 6.07) is 8.81. The summed E-state index contributed by atoms with van der Waals surface area (Å²) in [6.45, 7) is 1.44. The van der Waals surface area contributed by atoms with Gasteiger partial charge in [0.2, 0.25) is 5.91 Å². The molecule has 0 radical (unpaired) electrons. The van der Waals surface area contributed by atoms with Crippen LogP contribution >= 0.6 is 31.9 Å². The number of carbonyl (C=O) groups excluding carboxylic acids is 2. The van der Waals surface area contributed by atoms with Gasteiger partial charge in [0, 0.05) is 26.8 Å². The molecule has 1 amide bonds. The lowest BCUT2D eigenvalue weighted by molar-refractivity contribution is -0.140. The molecule has 1 unspecified atom stereocenters. The van der Waals surface area contributed by atoms with Crippen molar-refractivity contribution in [3.63, 3.8) is 0 Å². The molecule has 0 spiro atoms. The molecule has 0 bridgehead atoms. The van der Waals surface area contributed by atoms with E-state index in [0.29, 0.717) is 20.1 Å².